The molecule has 0 unspecified atom stereocenters. The van der Waals surface area contributed by atoms with Crippen LogP contribution in [-0.4, -0.2) is 48.2 Å². The molecule has 0 aliphatic heterocycles. The van der Waals surface area contributed by atoms with Crippen molar-refractivity contribution in [2.75, 3.05) is 26.2 Å². The van der Waals surface area contributed by atoms with Crippen molar-refractivity contribution in [3.05, 3.63) is 35.6 Å². The highest BCUT2D eigenvalue weighted by atomic mass is 19.1. The van der Waals surface area contributed by atoms with Crippen LogP contribution < -0.4 is 5.32 Å². The van der Waals surface area contributed by atoms with Crippen molar-refractivity contribution in [2.45, 2.75) is 50.0 Å². The number of aliphatic hydroxyl groups is 1. The van der Waals surface area contributed by atoms with Crippen molar-refractivity contribution in [2.24, 2.45) is 0 Å². The van der Waals surface area contributed by atoms with Gasteiger partial charge in [0.15, 0.2) is 0 Å². The zero-order valence-electron chi connectivity index (χ0n) is 14.1. The van der Waals surface area contributed by atoms with E-state index in [1.165, 1.54) is 12.1 Å². The minimum atomic E-state index is -0.222. The van der Waals surface area contributed by atoms with Crippen molar-refractivity contribution < 1.29 is 14.3 Å². The van der Waals surface area contributed by atoms with Gasteiger partial charge in [-0.15, -0.1) is 0 Å². The largest absolute Gasteiger partial charge is 0.395 e. The Morgan fingerprint density at radius 1 is 1.25 bits per heavy atom. The van der Waals surface area contributed by atoms with Crippen LogP contribution in [-0.2, 0) is 10.2 Å². The van der Waals surface area contributed by atoms with E-state index < -0.39 is 0 Å². The van der Waals surface area contributed by atoms with Gasteiger partial charge < -0.3 is 10.4 Å². The summed E-state index contributed by atoms with van der Waals surface area (Å²) in [5, 5.41) is 12.2. The SMILES string of the molecule is O=C(CN(CCO)C1CC1)NCC1(c2ccc(F)cc2)CCCC1. The number of amides is 1. The van der Waals surface area contributed by atoms with Crippen molar-refractivity contribution in [1.82, 2.24) is 10.2 Å². The van der Waals surface area contributed by atoms with Crippen molar-refractivity contribution >= 4 is 5.91 Å². The molecule has 0 radical (unpaired) electrons. The third kappa shape index (κ3) is 4.14. The van der Waals surface area contributed by atoms with E-state index in [1.54, 1.807) is 0 Å². The molecule has 1 aromatic carbocycles. The minimum Gasteiger partial charge on any atom is -0.395 e. The molecule has 5 heteroatoms. The van der Waals surface area contributed by atoms with Crippen LogP contribution in [0.4, 0.5) is 4.39 Å². The number of rotatable bonds is 8. The van der Waals surface area contributed by atoms with E-state index in [1.807, 2.05) is 12.1 Å². The first-order chi connectivity index (χ1) is 11.6. The van der Waals surface area contributed by atoms with E-state index >= 15 is 0 Å². The highest BCUT2D eigenvalue weighted by molar-refractivity contribution is 5.78. The number of carbonyl (C=O) groups is 1. The molecule has 2 fully saturated rings. The lowest BCUT2D eigenvalue weighted by Crippen LogP contribution is -2.44. The van der Waals surface area contributed by atoms with Crippen LogP contribution in [0.25, 0.3) is 0 Å². The smallest absolute Gasteiger partial charge is 0.234 e. The normalized spacial score (nSPS) is 19.6. The molecule has 2 aliphatic rings. The Morgan fingerprint density at radius 3 is 2.50 bits per heavy atom. The average Bonchev–Trinajstić information content (AvgIpc) is 3.32. The van der Waals surface area contributed by atoms with Crippen LogP contribution in [0.5, 0.6) is 0 Å². The number of hydrogen-bond acceptors (Lipinski definition) is 3. The summed E-state index contributed by atoms with van der Waals surface area (Å²) in [5.74, 6) is -0.205. The number of nitrogens with one attached hydrogen (secondary N) is 1. The van der Waals surface area contributed by atoms with Gasteiger partial charge in [0.2, 0.25) is 5.91 Å². The van der Waals surface area contributed by atoms with Crippen LogP contribution >= 0.6 is 0 Å². The van der Waals surface area contributed by atoms with Crippen LogP contribution in [0.3, 0.4) is 0 Å². The number of nitrogens with zero attached hydrogens (tertiary/aromatic N) is 1. The summed E-state index contributed by atoms with van der Waals surface area (Å²) < 4.78 is 13.2. The molecule has 2 saturated carbocycles. The summed E-state index contributed by atoms with van der Waals surface area (Å²) in [6.45, 7) is 1.60. The number of benzene rings is 1. The van der Waals surface area contributed by atoms with Gasteiger partial charge in [0, 0.05) is 24.5 Å². The van der Waals surface area contributed by atoms with Gasteiger partial charge in [0.05, 0.1) is 13.2 Å². The molecule has 4 nitrogen and oxygen atoms in total. The summed E-state index contributed by atoms with van der Waals surface area (Å²) in [7, 11) is 0. The summed E-state index contributed by atoms with van der Waals surface area (Å²) in [6.07, 6.45) is 6.58. The van der Waals surface area contributed by atoms with Gasteiger partial charge in [-0.3, -0.25) is 9.69 Å². The number of hydrogen-bond donors (Lipinski definition) is 2. The maximum Gasteiger partial charge on any atom is 0.234 e. The predicted octanol–water partition coefficient (Wildman–Crippen LogP) is 2.21. The molecule has 1 aromatic rings. The Kier molecular flexibility index (Phi) is 5.51. The Labute approximate surface area is 143 Å². The fourth-order valence-electron chi connectivity index (χ4n) is 3.89. The van der Waals surface area contributed by atoms with E-state index in [2.05, 4.69) is 10.2 Å². The van der Waals surface area contributed by atoms with E-state index in [0.717, 1.165) is 44.1 Å². The number of aliphatic hydroxyl groups excluding tert-OH is 1. The van der Waals surface area contributed by atoms with E-state index in [-0.39, 0.29) is 23.7 Å². The lowest BCUT2D eigenvalue weighted by atomic mass is 9.79. The molecule has 132 valence electrons. The van der Waals surface area contributed by atoms with Crippen LogP contribution in [0, 0.1) is 5.82 Å². The molecular formula is C19H27FN2O2. The summed E-state index contributed by atoms with van der Waals surface area (Å²) in [5.41, 5.74) is 1.06. The fourth-order valence-corrected chi connectivity index (χ4v) is 3.89. The second-order valence-electron chi connectivity index (χ2n) is 7.20. The summed E-state index contributed by atoms with van der Waals surface area (Å²) >= 11 is 0. The average molecular weight is 334 g/mol. The van der Waals surface area contributed by atoms with E-state index in [9.17, 15) is 9.18 Å². The minimum absolute atomic E-state index is 0.0173. The molecule has 0 spiro atoms. The molecule has 0 bridgehead atoms. The van der Waals surface area contributed by atoms with Crippen molar-refractivity contribution in [1.29, 1.82) is 0 Å². The van der Waals surface area contributed by atoms with E-state index in [4.69, 9.17) is 5.11 Å². The summed E-state index contributed by atoms with van der Waals surface area (Å²) in [4.78, 5) is 14.4. The van der Waals surface area contributed by atoms with Gasteiger partial charge in [-0.2, -0.15) is 0 Å². The third-order valence-electron chi connectivity index (χ3n) is 5.44. The van der Waals surface area contributed by atoms with E-state index in [0.29, 0.717) is 25.7 Å². The molecular weight excluding hydrogens is 307 g/mol. The lowest BCUT2D eigenvalue weighted by molar-refractivity contribution is -0.122. The Balaban J connectivity index is 1.59. The Hall–Kier alpha value is -1.46. The maximum absolute atomic E-state index is 13.2. The highest BCUT2D eigenvalue weighted by Crippen LogP contribution is 2.40. The van der Waals surface area contributed by atoms with Gasteiger partial charge in [0.25, 0.3) is 0 Å². The third-order valence-corrected chi connectivity index (χ3v) is 5.44. The van der Waals surface area contributed by atoms with Gasteiger partial charge >= 0.3 is 0 Å². The van der Waals surface area contributed by atoms with Gasteiger partial charge in [-0.05, 0) is 43.4 Å². The Bertz CT molecular complexity index is 551. The molecule has 0 saturated heterocycles. The van der Waals surface area contributed by atoms with Crippen LogP contribution in [0.1, 0.15) is 44.1 Å². The van der Waals surface area contributed by atoms with Gasteiger partial charge in [-0.1, -0.05) is 25.0 Å². The maximum atomic E-state index is 13.2. The molecule has 0 heterocycles. The molecule has 3 rings (SSSR count). The van der Waals surface area contributed by atoms with Crippen LogP contribution in [0.15, 0.2) is 24.3 Å². The predicted molar refractivity (Wildman–Crippen MR) is 91.2 cm³/mol. The van der Waals surface area contributed by atoms with Crippen molar-refractivity contribution in [3.8, 4) is 0 Å². The number of carbonyl (C=O) groups excluding carboxylic acids is 1. The zero-order valence-corrected chi connectivity index (χ0v) is 14.1. The highest BCUT2D eigenvalue weighted by Gasteiger charge is 2.36. The quantitative estimate of drug-likeness (QED) is 0.766. The van der Waals surface area contributed by atoms with Crippen LogP contribution in [0.2, 0.25) is 0 Å². The second-order valence-corrected chi connectivity index (χ2v) is 7.20. The molecule has 2 aliphatic carbocycles. The molecule has 2 N–H and O–H groups in total. The Morgan fingerprint density at radius 2 is 1.92 bits per heavy atom. The molecule has 0 aromatic heterocycles. The van der Waals surface area contributed by atoms with Gasteiger partial charge in [-0.25, -0.2) is 4.39 Å². The lowest BCUT2D eigenvalue weighted by Gasteiger charge is -2.30. The summed E-state index contributed by atoms with van der Waals surface area (Å²) in [6, 6.07) is 7.19. The monoisotopic (exact) mass is 334 g/mol. The van der Waals surface area contributed by atoms with Crippen molar-refractivity contribution in [3.63, 3.8) is 0 Å². The first kappa shape index (κ1) is 17.4. The zero-order chi connectivity index (χ0) is 17.0. The topological polar surface area (TPSA) is 52.6 Å². The second kappa shape index (κ2) is 7.62. The fraction of sp³-hybridized carbons (Fsp3) is 0.632. The standard InChI is InChI=1S/C19H27FN2O2/c20-16-5-3-15(4-6-16)19(9-1-2-10-19)14-21-18(24)13-22(11-12-23)17-7-8-17/h3-6,17,23H,1-2,7-14H2,(H,21,24). The first-order valence-corrected chi connectivity index (χ1v) is 9.01. The molecule has 0 atom stereocenters. The van der Waals surface area contributed by atoms with Gasteiger partial charge in [0.1, 0.15) is 5.82 Å². The first-order valence-electron chi connectivity index (χ1n) is 9.01. The number of halogens is 1. The molecule has 1 amide bonds. The molecule has 24 heavy (non-hydrogen) atoms.